The van der Waals surface area contributed by atoms with Gasteiger partial charge >= 0.3 is 0 Å². The van der Waals surface area contributed by atoms with Crippen molar-refractivity contribution in [3.8, 4) is 11.8 Å². The third kappa shape index (κ3) is 4.52. The van der Waals surface area contributed by atoms with Crippen molar-refractivity contribution in [3.63, 3.8) is 0 Å². The molecule has 0 unspecified atom stereocenters. The van der Waals surface area contributed by atoms with Gasteiger partial charge in [-0.15, -0.1) is 0 Å². The Hall–Kier alpha value is -1.56. The molecule has 0 fully saturated rings. The molecule has 0 saturated carbocycles. The van der Waals surface area contributed by atoms with Crippen LogP contribution in [0.25, 0.3) is 0 Å². The van der Waals surface area contributed by atoms with Crippen molar-refractivity contribution < 1.29 is 22.3 Å². The number of aromatic nitrogens is 1. The summed E-state index contributed by atoms with van der Waals surface area (Å²) in [5.74, 6) is 5.26. The summed E-state index contributed by atoms with van der Waals surface area (Å²) < 4.78 is 49.1. The highest BCUT2D eigenvalue weighted by atomic mass is 32.2. The molecular formula is C12H14F2N2O3S. The lowest BCUT2D eigenvalue weighted by Gasteiger charge is -2.16. The molecule has 0 saturated heterocycles. The fourth-order valence-corrected chi connectivity index (χ4v) is 2.46. The van der Waals surface area contributed by atoms with Gasteiger partial charge < -0.3 is 5.11 Å². The van der Waals surface area contributed by atoms with E-state index in [0.29, 0.717) is 9.87 Å². The molecule has 0 aliphatic rings. The van der Waals surface area contributed by atoms with Crippen molar-refractivity contribution in [2.24, 2.45) is 0 Å². The molecular weight excluding hydrogens is 290 g/mol. The number of alkyl halides is 2. The molecule has 1 heterocycles. The number of aliphatic hydroxyl groups is 1. The lowest BCUT2D eigenvalue weighted by molar-refractivity contribution is 0.126. The van der Waals surface area contributed by atoms with Gasteiger partial charge in [-0.1, -0.05) is 11.8 Å². The Morgan fingerprint density at radius 2 is 2.15 bits per heavy atom. The summed E-state index contributed by atoms with van der Waals surface area (Å²) in [6.07, 6.45) is -0.0666. The zero-order chi connectivity index (χ0) is 15.2. The second-order valence-electron chi connectivity index (χ2n) is 3.86. The number of pyridine rings is 1. The smallest absolute Gasteiger partial charge is 0.252 e. The van der Waals surface area contributed by atoms with Crippen LogP contribution in [0.5, 0.6) is 0 Å². The van der Waals surface area contributed by atoms with Gasteiger partial charge in [0, 0.05) is 31.4 Å². The number of hydrogen-bond donors (Lipinski definition) is 1. The minimum atomic E-state index is -4.01. The number of hydrogen-bond acceptors (Lipinski definition) is 4. The van der Waals surface area contributed by atoms with Gasteiger partial charge in [0.15, 0.2) is 0 Å². The standard InChI is InChI=1S/C12H14F2N2O3S/c1-16(9-12(13)14)20(18,19)11-6-10(7-15-8-11)4-2-3-5-17/h6-8,12,17H,3,5,9H2,1H3. The second-order valence-corrected chi connectivity index (χ2v) is 5.91. The van der Waals surface area contributed by atoms with Crippen LogP contribution in [0.1, 0.15) is 12.0 Å². The molecule has 8 heteroatoms. The summed E-state index contributed by atoms with van der Waals surface area (Å²) in [6.45, 7) is -0.988. The number of aliphatic hydroxyl groups excluding tert-OH is 1. The lowest BCUT2D eigenvalue weighted by atomic mass is 10.3. The van der Waals surface area contributed by atoms with E-state index in [9.17, 15) is 17.2 Å². The predicted molar refractivity (Wildman–Crippen MR) is 68.6 cm³/mol. The van der Waals surface area contributed by atoms with E-state index in [4.69, 9.17) is 5.11 Å². The molecule has 0 bridgehead atoms. The number of halogens is 2. The number of rotatable bonds is 5. The van der Waals surface area contributed by atoms with Crippen LogP contribution in [0.15, 0.2) is 23.4 Å². The summed E-state index contributed by atoms with van der Waals surface area (Å²) in [7, 11) is -2.94. The van der Waals surface area contributed by atoms with E-state index < -0.39 is 23.0 Å². The van der Waals surface area contributed by atoms with E-state index in [1.54, 1.807) is 0 Å². The zero-order valence-electron chi connectivity index (χ0n) is 10.8. The zero-order valence-corrected chi connectivity index (χ0v) is 11.6. The third-order valence-corrected chi connectivity index (χ3v) is 4.07. The van der Waals surface area contributed by atoms with Gasteiger partial charge in [-0.3, -0.25) is 4.98 Å². The first-order chi connectivity index (χ1) is 9.37. The van der Waals surface area contributed by atoms with Crippen LogP contribution in [0.4, 0.5) is 8.78 Å². The van der Waals surface area contributed by atoms with Gasteiger partial charge in [0.05, 0.1) is 13.2 Å². The topological polar surface area (TPSA) is 70.5 Å². The van der Waals surface area contributed by atoms with Crippen molar-refractivity contribution in [3.05, 3.63) is 24.0 Å². The average Bonchev–Trinajstić information content (AvgIpc) is 2.38. The van der Waals surface area contributed by atoms with Crippen LogP contribution >= 0.6 is 0 Å². The van der Waals surface area contributed by atoms with Crippen molar-refractivity contribution in [1.82, 2.24) is 9.29 Å². The molecule has 5 nitrogen and oxygen atoms in total. The second kappa shape index (κ2) is 7.28. The Labute approximate surface area is 116 Å². The van der Waals surface area contributed by atoms with Crippen LogP contribution in [-0.4, -0.2) is 49.4 Å². The summed E-state index contributed by atoms with van der Waals surface area (Å²) in [4.78, 5) is 3.54. The number of sulfonamides is 1. The molecule has 0 aromatic carbocycles. The highest BCUT2D eigenvalue weighted by Gasteiger charge is 2.24. The first kappa shape index (κ1) is 16.5. The average molecular weight is 304 g/mol. The summed E-state index contributed by atoms with van der Waals surface area (Å²) >= 11 is 0. The largest absolute Gasteiger partial charge is 0.395 e. The van der Waals surface area contributed by atoms with Crippen molar-refractivity contribution in [2.75, 3.05) is 20.2 Å². The molecule has 0 spiro atoms. The van der Waals surface area contributed by atoms with Gasteiger partial charge in [-0.25, -0.2) is 17.2 Å². The molecule has 0 aliphatic carbocycles. The minimum absolute atomic E-state index is 0.102. The third-order valence-electron chi connectivity index (χ3n) is 2.29. The van der Waals surface area contributed by atoms with Crippen molar-refractivity contribution >= 4 is 10.0 Å². The van der Waals surface area contributed by atoms with Crippen molar-refractivity contribution in [1.29, 1.82) is 0 Å². The summed E-state index contributed by atoms with van der Waals surface area (Å²) in [6, 6.07) is 1.26. The van der Waals surface area contributed by atoms with Gasteiger partial charge in [0.25, 0.3) is 6.43 Å². The molecule has 0 aliphatic heterocycles. The molecule has 1 N–H and O–H groups in total. The van der Waals surface area contributed by atoms with Gasteiger partial charge in [-0.2, -0.15) is 4.31 Å². The van der Waals surface area contributed by atoms with E-state index in [2.05, 4.69) is 16.8 Å². The van der Waals surface area contributed by atoms with Crippen molar-refractivity contribution in [2.45, 2.75) is 17.7 Å². The highest BCUT2D eigenvalue weighted by Crippen LogP contribution is 2.15. The van der Waals surface area contributed by atoms with Gasteiger partial charge in [-0.05, 0) is 6.07 Å². The number of nitrogens with zero attached hydrogens (tertiary/aromatic N) is 2. The van der Waals surface area contributed by atoms with E-state index in [1.165, 1.54) is 12.3 Å². The molecule has 20 heavy (non-hydrogen) atoms. The fraction of sp³-hybridized carbons (Fsp3) is 0.417. The molecule has 0 amide bonds. The molecule has 1 aromatic rings. The quantitative estimate of drug-likeness (QED) is 0.813. The Balaban J connectivity index is 3.02. The molecule has 0 atom stereocenters. The van der Waals surface area contributed by atoms with Gasteiger partial charge in [0.2, 0.25) is 10.0 Å². The van der Waals surface area contributed by atoms with Crippen LogP contribution in [-0.2, 0) is 10.0 Å². The van der Waals surface area contributed by atoms with E-state index in [1.807, 2.05) is 0 Å². The Morgan fingerprint density at radius 1 is 1.45 bits per heavy atom. The highest BCUT2D eigenvalue weighted by molar-refractivity contribution is 7.89. The monoisotopic (exact) mass is 304 g/mol. The Bertz CT molecular complexity index is 609. The molecule has 1 rings (SSSR count). The maximum Gasteiger partial charge on any atom is 0.252 e. The van der Waals surface area contributed by atoms with E-state index >= 15 is 0 Å². The minimum Gasteiger partial charge on any atom is -0.395 e. The van der Waals surface area contributed by atoms with E-state index in [0.717, 1.165) is 13.2 Å². The fourth-order valence-electron chi connectivity index (χ4n) is 1.32. The SMILES string of the molecule is CN(CC(F)F)S(=O)(=O)c1cncc(C#CCCO)c1. The van der Waals surface area contributed by atoms with Crippen LogP contribution < -0.4 is 0 Å². The van der Waals surface area contributed by atoms with E-state index in [-0.39, 0.29) is 17.9 Å². The maximum atomic E-state index is 12.2. The molecule has 0 radical (unpaired) electrons. The van der Waals surface area contributed by atoms with Crippen LogP contribution in [0, 0.1) is 11.8 Å². The Kier molecular flexibility index (Phi) is 6.01. The van der Waals surface area contributed by atoms with Crippen LogP contribution in [0.2, 0.25) is 0 Å². The Morgan fingerprint density at radius 3 is 2.75 bits per heavy atom. The van der Waals surface area contributed by atoms with Gasteiger partial charge in [0.1, 0.15) is 4.90 Å². The molecule has 1 aromatic heterocycles. The lowest BCUT2D eigenvalue weighted by Crippen LogP contribution is -2.31. The normalized spacial score (nSPS) is 11.5. The first-order valence-electron chi connectivity index (χ1n) is 5.67. The predicted octanol–water partition coefficient (Wildman–Crippen LogP) is 0.701. The van der Waals surface area contributed by atoms with Crippen LogP contribution in [0.3, 0.4) is 0 Å². The summed E-state index contributed by atoms with van der Waals surface area (Å²) in [5, 5.41) is 8.59. The first-order valence-corrected chi connectivity index (χ1v) is 7.11. The maximum absolute atomic E-state index is 12.2. The molecule has 110 valence electrons. The summed E-state index contributed by atoms with van der Waals surface area (Å²) in [5.41, 5.74) is 0.338.